The lowest BCUT2D eigenvalue weighted by Crippen LogP contribution is -2.26. The molecule has 0 radical (unpaired) electrons. The van der Waals surface area contributed by atoms with Gasteiger partial charge in [-0.1, -0.05) is 0 Å². The van der Waals surface area contributed by atoms with E-state index in [1.165, 1.54) is 0 Å². The van der Waals surface area contributed by atoms with Crippen molar-refractivity contribution in [1.29, 1.82) is 0 Å². The van der Waals surface area contributed by atoms with Crippen molar-refractivity contribution in [2.24, 2.45) is 0 Å². The Hall–Kier alpha value is -3.02. The summed E-state index contributed by atoms with van der Waals surface area (Å²) in [5.41, 5.74) is 4.51. The highest BCUT2D eigenvalue weighted by molar-refractivity contribution is 6.03. The van der Waals surface area contributed by atoms with Crippen LogP contribution >= 0.6 is 0 Å². The number of pyridine rings is 2. The molecule has 0 unspecified atom stereocenters. The smallest absolute Gasteiger partial charge is 0.256 e. The maximum Gasteiger partial charge on any atom is 0.256 e. The van der Waals surface area contributed by atoms with Gasteiger partial charge in [-0.3, -0.25) is 14.8 Å². The van der Waals surface area contributed by atoms with Gasteiger partial charge in [0, 0.05) is 43.4 Å². The molecule has 0 atom stereocenters. The van der Waals surface area contributed by atoms with Crippen LogP contribution in [-0.2, 0) is 13.0 Å². The van der Waals surface area contributed by atoms with Crippen molar-refractivity contribution in [3.8, 4) is 11.1 Å². The van der Waals surface area contributed by atoms with Crippen molar-refractivity contribution in [3.05, 3.63) is 65.8 Å². The first-order chi connectivity index (χ1) is 11.7. The highest BCUT2D eigenvalue weighted by Crippen LogP contribution is 2.31. The van der Waals surface area contributed by atoms with E-state index in [0.29, 0.717) is 18.7 Å². The van der Waals surface area contributed by atoms with E-state index in [0.717, 1.165) is 34.8 Å². The van der Waals surface area contributed by atoms with Crippen LogP contribution in [0.4, 0.5) is 0 Å². The number of aromatic nitrogens is 4. The summed E-state index contributed by atoms with van der Waals surface area (Å²) in [6.45, 7) is 3.12. The van der Waals surface area contributed by atoms with E-state index in [9.17, 15) is 4.79 Å². The Morgan fingerprint density at radius 3 is 2.75 bits per heavy atom. The summed E-state index contributed by atoms with van der Waals surface area (Å²) in [5, 5.41) is 0. The van der Waals surface area contributed by atoms with Crippen molar-refractivity contribution in [2.45, 2.75) is 19.9 Å². The molecule has 4 rings (SSSR count). The first-order valence-corrected chi connectivity index (χ1v) is 7.90. The normalized spacial score (nSPS) is 13.4. The molecule has 3 aromatic heterocycles. The van der Waals surface area contributed by atoms with Crippen molar-refractivity contribution in [3.63, 3.8) is 0 Å². The van der Waals surface area contributed by atoms with Crippen LogP contribution in [0.25, 0.3) is 11.1 Å². The van der Waals surface area contributed by atoms with Gasteiger partial charge in [-0.25, -0.2) is 4.98 Å². The number of hydrogen-bond acceptors (Lipinski definition) is 4. The fourth-order valence-corrected chi connectivity index (χ4v) is 3.08. The van der Waals surface area contributed by atoms with E-state index >= 15 is 0 Å². The van der Waals surface area contributed by atoms with Crippen molar-refractivity contribution < 1.29 is 4.79 Å². The molecular weight excluding hydrogens is 302 g/mol. The summed E-state index contributed by atoms with van der Waals surface area (Å²) in [5.74, 6) is 0.934. The number of hydrogen-bond donors (Lipinski definition) is 1. The number of nitrogens with one attached hydrogen (secondary N) is 1. The molecule has 0 saturated heterocycles. The largest absolute Gasteiger partial charge is 0.346 e. The van der Waals surface area contributed by atoms with Crippen molar-refractivity contribution >= 4 is 5.91 Å². The Bertz CT molecular complexity index is 887. The number of imidazole rings is 1. The van der Waals surface area contributed by atoms with E-state index in [1.807, 2.05) is 36.2 Å². The number of nitrogens with zero attached hydrogens (tertiary/aromatic N) is 4. The first-order valence-electron chi connectivity index (χ1n) is 7.90. The van der Waals surface area contributed by atoms with Crippen molar-refractivity contribution in [1.82, 2.24) is 24.8 Å². The zero-order chi connectivity index (χ0) is 16.5. The molecule has 0 aromatic carbocycles. The zero-order valence-corrected chi connectivity index (χ0v) is 13.4. The quantitative estimate of drug-likeness (QED) is 0.801. The molecule has 0 fully saturated rings. The average Bonchev–Trinajstić information content (AvgIpc) is 3.17. The highest BCUT2D eigenvalue weighted by Gasteiger charge is 2.31. The van der Waals surface area contributed by atoms with Crippen LogP contribution in [0.1, 0.15) is 27.6 Å². The van der Waals surface area contributed by atoms with E-state index in [-0.39, 0.29) is 5.91 Å². The Morgan fingerprint density at radius 1 is 1.17 bits per heavy atom. The Morgan fingerprint density at radius 2 is 2.00 bits per heavy atom. The third kappa shape index (κ3) is 2.56. The summed E-state index contributed by atoms with van der Waals surface area (Å²) in [7, 11) is 0. The summed E-state index contributed by atoms with van der Waals surface area (Å²) in [4.78, 5) is 30.6. The molecule has 1 N–H and O–H groups in total. The molecular formula is C18H17N5O. The van der Waals surface area contributed by atoms with Gasteiger partial charge in [-0.05, 0) is 36.2 Å². The molecule has 1 aliphatic rings. The number of H-pyrrole nitrogens is 1. The first kappa shape index (κ1) is 14.6. The predicted octanol–water partition coefficient (Wildman–Crippen LogP) is 2.37. The summed E-state index contributed by atoms with van der Waals surface area (Å²) < 4.78 is 0. The SMILES string of the molecule is Cc1ncc(CCN2Cc3nccc(-c4ccncc4)c3C2=O)[nH]1. The standard InChI is InChI=1S/C18H17N5O/c1-12-21-10-14(22-12)5-9-23-11-16-17(18(23)24)15(4-8-20-16)13-2-6-19-7-3-13/h2-4,6-8,10H,5,9,11H2,1H3,(H,21,22). The van der Waals surface area contributed by atoms with Crippen LogP contribution in [-0.4, -0.2) is 37.3 Å². The van der Waals surface area contributed by atoms with Gasteiger partial charge in [0.05, 0.1) is 17.8 Å². The van der Waals surface area contributed by atoms with Gasteiger partial charge in [0.1, 0.15) is 5.82 Å². The van der Waals surface area contributed by atoms with Crippen LogP contribution in [0.2, 0.25) is 0 Å². The number of amides is 1. The lowest BCUT2D eigenvalue weighted by atomic mass is 10.0. The summed E-state index contributed by atoms with van der Waals surface area (Å²) in [6.07, 6.45) is 7.82. The fourth-order valence-electron chi connectivity index (χ4n) is 3.08. The number of rotatable bonds is 4. The number of fused-ring (bicyclic) bond motifs is 1. The number of aryl methyl sites for hydroxylation is 1. The van der Waals surface area contributed by atoms with Gasteiger partial charge in [-0.2, -0.15) is 0 Å². The molecule has 3 aromatic rings. The van der Waals surface area contributed by atoms with E-state index in [4.69, 9.17) is 0 Å². The fraction of sp³-hybridized carbons (Fsp3) is 0.222. The predicted molar refractivity (Wildman–Crippen MR) is 89.2 cm³/mol. The second-order valence-corrected chi connectivity index (χ2v) is 5.89. The van der Waals surface area contributed by atoms with Crippen LogP contribution in [0.5, 0.6) is 0 Å². The second-order valence-electron chi connectivity index (χ2n) is 5.89. The molecule has 120 valence electrons. The molecule has 0 aliphatic carbocycles. The van der Waals surface area contributed by atoms with Gasteiger partial charge in [0.25, 0.3) is 5.91 Å². The Labute approximate surface area is 139 Å². The minimum Gasteiger partial charge on any atom is -0.346 e. The van der Waals surface area contributed by atoms with Gasteiger partial charge < -0.3 is 9.88 Å². The van der Waals surface area contributed by atoms with E-state index < -0.39 is 0 Å². The third-order valence-corrected chi connectivity index (χ3v) is 4.27. The molecule has 6 nitrogen and oxygen atoms in total. The zero-order valence-electron chi connectivity index (χ0n) is 13.4. The average molecular weight is 319 g/mol. The van der Waals surface area contributed by atoms with Gasteiger partial charge in [-0.15, -0.1) is 0 Å². The summed E-state index contributed by atoms with van der Waals surface area (Å²) in [6, 6.07) is 5.73. The molecule has 1 amide bonds. The lowest BCUT2D eigenvalue weighted by Gasteiger charge is -2.14. The van der Waals surface area contributed by atoms with Gasteiger partial charge >= 0.3 is 0 Å². The topological polar surface area (TPSA) is 74.8 Å². The lowest BCUT2D eigenvalue weighted by molar-refractivity contribution is 0.0780. The number of carbonyl (C=O) groups excluding carboxylic acids is 1. The maximum atomic E-state index is 12.9. The van der Waals surface area contributed by atoms with E-state index in [2.05, 4.69) is 19.9 Å². The van der Waals surface area contributed by atoms with E-state index in [1.54, 1.807) is 18.6 Å². The van der Waals surface area contributed by atoms with Crippen LogP contribution in [0, 0.1) is 6.92 Å². The molecule has 0 saturated carbocycles. The Kier molecular flexibility index (Phi) is 3.57. The third-order valence-electron chi connectivity index (χ3n) is 4.27. The molecule has 1 aliphatic heterocycles. The maximum absolute atomic E-state index is 12.9. The Balaban J connectivity index is 1.59. The van der Waals surface area contributed by atoms with Crippen LogP contribution in [0.15, 0.2) is 43.0 Å². The van der Waals surface area contributed by atoms with Gasteiger partial charge in [0.2, 0.25) is 0 Å². The highest BCUT2D eigenvalue weighted by atomic mass is 16.2. The summed E-state index contributed by atoms with van der Waals surface area (Å²) >= 11 is 0. The number of carbonyl (C=O) groups is 1. The molecule has 0 spiro atoms. The molecule has 4 heterocycles. The monoisotopic (exact) mass is 319 g/mol. The van der Waals surface area contributed by atoms with Gasteiger partial charge in [0.15, 0.2) is 0 Å². The van der Waals surface area contributed by atoms with Crippen LogP contribution < -0.4 is 0 Å². The minimum absolute atomic E-state index is 0.0427. The molecule has 0 bridgehead atoms. The second kappa shape index (κ2) is 5.88. The van der Waals surface area contributed by atoms with Crippen molar-refractivity contribution in [2.75, 3.05) is 6.54 Å². The minimum atomic E-state index is 0.0427. The van der Waals surface area contributed by atoms with Crippen LogP contribution in [0.3, 0.4) is 0 Å². The molecule has 6 heteroatoms. The molecule has 24 heavy (non-hydrogen) atoms. The number of aromatic amines is 1.